The largest absolute Gasteiger partial charge is 0.337 e. The van der Waals surface area contributed by atoms with Crippen molar-refractivity contribution >= 4 is 5.91 Å². The first-order valence-electron chi connectivity index (χ1n) is 10.8. The summed E-state index contributed by atoms with van der Waals surface area (Å²) in [5.74, 6) is 1.10. The smallest absolute Gasteiger partial charge is 0.254 e. The zero-order valence-corrected chi connectivity index (χ0v) is 18.0. The fourth-order valence-corrected chi connectivity index (χ4v) is 4.33. The van der Waals surface area contributed by atoms with Crippen molar-refractivity contribution in [2.24, 2.45) is 0 Å². The molecule has 1 amide bonds. The standard InChI is InChI=1S/C25H29N3O2/c1-17-8-7-9-20(15-17)24-26-23(30-27-24)16-28(21-10-5-4-6-11-21)25(29)22-13-12-18(2)14-19(22)3/h7-9,12-15,21H,4-6,10-11,16H2,1-3H3. The SMILES string of the molecule is Cc1cccc(-c2noc(CN(C(=O)c3ccc(C)cc3C)C3CCCCC3)n2)c1. The van der Waals surface area contributed by atoms with Gasteiger partial charge in [0.15, 0.2) is 0 Å². The van der Waals surface area contributed by atoms with Crippen LogP contribution in [-0.4, -0.2) is 27.0 Å². The van der Waals surface area contributed by atoms with Gasteiger partial charge in [0.25, 0.3) is 5.91 Å². The van der Waals surface area contributed by atoms with Gasteiger partial charge in [0, 0.05) is 17.2 Å². The highest BCUT2D eigenvalue weighted by Gasteiger charge is 2.29. The molecule has 1 fully saturated rings. The Morgan fingerprint density at radius 3 is 2.53 bits per heavy atom. The number of rotatable bonds is 5. The predicted octanol–water partition coefficient (Wildman–Crippen LogP) is 5.64. The van der Waals surface area contributed by atoms with Crippen LogP contribution in [-0.2, 0) is 6.54 Å². The number of carbonyl (C=O) groups excluding carboxylic acids is 1. The maximum atomic E-state index is 13.5. The van der Waals surface area contributed by atoms with Crippen molar-refractivity contribution in [2.75, 3.05) is 0 Å². The van der Waals surface area contributed by atoms with Gasteiger partial charge in [0.05, 0.1) is 0 Å². The second-order valence-electron chi connectivity index (χ2n) is 8.42. The summed E-state index contributed by atoms with van der Waals surface area (Å²) in [6, 6.07) is 14.2. The summed E-state index contributed by atoms with van der Waals surface area (Å²) in [5, 5.41) is 4.16. The third kappa shape index (κ3) is 4.45. The van der Waals surface area contributed by atoms with Crippen LogP contribution < -0.4 is 0 Å². The maximum absolute atomic E-state index is 13.5. The van der Waals surface area contributed by atoms with Crippen molar-refractivity contribution in [1.82, 2.24) is 15.0 Å². The van der Waals surface area contributed by atoms with Crippen LogP contribution in [0.25, 0.3) is 11.4 Å². The topological polar surface area (TPSA) is 59.2 Å². The number of hydrogen-bond donors (Lipinski definition) is 0. The number of nitrogens with zero attached hydrogens (tertiary/aromatic N) is 3. The van der Waals surface area contributed by atoms with Gasteiger partial charge in [0.1, 0.15) is 6.54 Å². The van der Waals surface area contributed by atoms with Crippen molar-refractivity contribution in [3.63, 3.8) is 0 Å². The first-order chi connectivity index (χ1) is 14.5. The Hall–Kier alpha value is -2.95. The van der Waals surface area contributed by atoms with Gasteiger partial charge >= 0.3 is 0 Å². The molecule has 0 spiro atoms. The fraction of sp³-hybridized carbons (Fsp3) is 0.400. The number of benzene rings is 2. The van der Waals surface area contributed by atoms with Gasteiger partial charge in [-0.15, -0.1) is 0 Å². The molecule has 4 rings (SSSR count). The van der Waals surface area contributed by atoms with Crippen molar-refractivity contribution in [3.05, 3.63) is 70.6 Å². The first-order valence-corrected chi connectivity index (χ1v) is 10.8. The van der Waals surface area contributed by atoms with Gasteiger partial charge in [-0.1, -0.05) is 65.9 Å². The average molecular weight is 404 g/mol. The molecule has 1 aliphatic carbocycles. The second kappa shape index (κ2) is 8.82. The molecule has 0 atom stereocenters. The van der Waals surface area contributed by atoms with Crippen LogP contribution in [0.1, 0.15) is 65.0 Å². The van der Waals surface area contributed by atoms with E-state index in [9.17, 15) is 4.79 Å². The van der Waals surface area contributed by atoms with E-state index < -0.39 is 0 Å². The molecule has 1 aromatic heterocycles. The molecular weight excluding hydrogens is 374 g/mol. The van der Waals surface area contributed by atoms with E-state index in [0.29, 0.717) is 18.3 Å². The normalized spacial score (nSPS) is 14.6. The summed E-state index contributed by atoms with van der Waals surface area (Å²) in [6.07, 6.45) is 5.59. The Morgan fingerprint density at radius 2 is 1.80 bits per heavy atom. The lowest BCUT2D eigenvalue weighted by Crippen LogP contribution is -2.41. The van der Waals surface area contributed by atoms with Crippen LogP contribution in [0.5, 0.6) is 0 Å². The summed E-state index contributed by atoms with van der Waals surface area (Å²) in [4.78, 5) is 20.1. The predicted molar refractivity (Wildman–Crippen MR) is 117 cm³/mol. The molecule has 0 aliphatic heterocycles. The van der Waals surface area contributed by atoms with E-state index in [4.69, 9.17) is 4.52 Å². The molecule has 0 saturated heterocycles. The molecule has 156 valence electrons. The Morgan fingerprint density at radius 1 is 1.03 bits per heavy atom. The van der Waals surface area contributed by atoms with Crippen molar-refractivity contribution in [1.29, 1.82) is 0 Å². The monoisotopic (exact) mass is 403 g/mol. The molecule has 0 bridgehead atoms. The van der Waals surface area contributed by atoms with E-state index in [0.717, 1.165) is 53.5 Å². The lowest BCUT2D eigenvalue weighted by Gasteiger charge is -2.34. The molecule has 3 aromatic rings. The van der Waals surface area contributed by atoms with E-state index in [-0.39, 0.29) is 11.9 Å². The van der Waals surface area contributed by atoms with E-state index in [1.165, 1.54) is 6.42 Å². The van der Waals surface area contributed by atoms with E-state index in [1.807, 2.05) is 62.1 Å². The summed E-state index contributed by atoms with van der Waals surface area (Å²) < 4.78 is 5.56. The van der Waals surface area contributed by atoms with Gasteiger partial charge < -0.3 is 9.42 Å². The lowest BCUT2D eigenvalue weighted by atomic mass is 9.93. The first kappa shape index (κ1) is 20.3. The van der Waals surface area contributed by atoms with E-state index in [2.05, 4.69) is 16.2 Å². The van der Waals surface area contributed by atoms with Gasteiger partial charge in [-0.25, -0.2) is 0 Å². The van der Waals surface area contributed by atoms with E-state index >= 15 is 0 Å². The highest BCUT2D eigenvalue weighted by atomic mass is 16.5. The summed E-state index contributed by atoms with van der Waals surface area (Å²) in [7, 11) is 0. The van der Waals surface area contributed by atoms with Crippen molar-refractivity contribution < 1.29 is 9.32 Å². The Balaban J connectivity index is 1.61. The molecule has 2 aromatic carbocycles. The van der Waals surface area contributed by atoms with Gasteiger partial charge in [-0.2, -0.15) is 4.98 Å². The van der Waals surface area contributed by atoms with Crippen molar-refractivity contribution in [2.45, 2.75) is 65.5 Å². The number of amides is 1. The molecular formula is C25H29N3O2. The number of hydrogen-bond acceptors (Lipinski definition) is 4. The molecule has 0 N–H and O–H groups in total. The van der Waals surface area contributed by atoms with Crippen LogP contribution in [0, 0.1) is 20.8 Å². The third-order valence-corrected chi connectivity index (χ3v) is 5.94. The van der Waals surface area contributed by atoms with Crippen LogP contribution in [0.2, 0.25) is 0 Å². The lowest BCUT2D eigenvalue weighted by molar-refractivity contribution is 0.0585. The minimum absolute atomic E-state index is 0.0507. The van der Waals surface area contributed by atoms with Gasteiger partial charge in [0.2, 0.25) is 11.7 Å². The molecule has 1 aliphatic rings. The molecule has 0 radical (unpaired) electrons. The highest BCUT2D eigenvalue weighted by Crippen LogP contribution is 2.27. The van der Waals surface area contributed by atoms with Gasteiger partial charge in [-0.05, 0) is 51.3 Å². The molecule has 1 heterocycles. The number of aromatic nitrogens is 2. The zero-order chi connectivity index (χ0) is 21.1. The van der Waals surface area contributed by atoms with Crippen LogP contribution >= 0.6 is 0 Å². The van der Waals surface area contributed by atoms with Crippen molar-refractivity contribution in [3.8, 4) is 11.4 Å². The molecule has 5 nitrogen and oxygen atoms in total. The average Bonchev–Trinajstić information content (AvgIpc) is 3.21. The second-order valence-corrected chi connectivity index (χ2v) is 8.42. The zero-order valence-electron chi connectivity index (χ0n) is 18.0. The highest BCUT2D eigenvalue weighted by molar-refractivity contribution is 5.95. The molecule has 30 heavy (non-hydrogen) atoms. The summed E-state index contributed by atoms with van der Waals surface area (Å²) in [6.45, 7) is 6.43. The third-order valence-electron chi connectivity index (χ3n) is 5.94. The number of aryl methyl sites for hydroxylation is 3. The van der Waals surface area contributed by atoms with Crippen LogP contribution in [0.15, 0.2) is 47.0 Å². The Labute approximate surface area is 178 Å². The Kier molecular flexibility index (Phi) is 5.98. The Bertz CT molecular complexity index is 1030. The summed E-state index contributed by atoms with van der Waals surface area (Å²) in [5.41, 5.74) is 4.99. The molecule has 0 unspecified atom stereocenters. The van der Waals surface area contributed by atoms with E-state index in [1.54, 1.807) is 0 Å². The molecule has 5 heteroatoms. The number of carbonyl (C=O) groups is 1. The maximum Gasteiger partial charge on any atom is 0.254 e. The molecule has 1 saturated carbocycles. The van der Waals surface area contributed by atoms with Crippen LogP contribution in [0.4, 0.5) is 0 Å². The summed E-state index contributed by atoms with van der Waals surface area (Å²) >= 11 is 0. The minimum Gasteiger partial charge on any atom is -0.337 e. The fourth-order valence-electron chi connectivity index (χ4n) is 4.33. The van der Waals surface area contributed by atoms with Crippen LogP contribution in [0.3, 0.4) is 0 Å². The quantitative estimate of drug-likeness (QED) is 0.553. The van der Waals surface area contributed by atoms with Gasteiger partial charge in [-0.3, -0.25) is 4.79 Å². The minimum atomic E-state index is 0.0507.